The Kier molecular flexibility index (Phi) is 4.65. The zero-order valence-electron chi connectivity index (χ0n) is 10.4. The van der Waals surface area contributed by atoms with Crippen molar-refractivity contribution in [1.29, 1.82) is 0 Å². The summed E-state index contributed by atoms with van der Waals surface area (Å²) in [6.45, 7) is 3.18. The van der Waals surface area contributed by atoms with Gasteiger partial charge in [-0.3, -0.25) is 4.79 Å². The third kappa shape index (κ3) is 4.40. The van der Waals surface area contributed by atoms with Gasteiger partial charge < -0.3 is 16.2 Å². The lowest BCUT2D eigenvalue weighted by atomic mass is 10.1. The first kappa shape index (κ1) is 14.0. The quantitative estimate of drug-likeness (QED) is 0.706. The number of amides is 1. The first-order valence-corrected chi connectivity index (χ1v) is 5.61. The van der Waals surface area contributed by atoms with E-state index in [1.807, 2.05) is 13.0 Å². The van der Waals surface area contributed by atoms with Gasteiger partial charge >= 0.3 is 5.97 Å². The van der Waals surface area contributed by atoms with Crippen molar-refractivity contribution in [2.75, 3.05) is 5.73 Å². The van der Waals surface area contributed by atoms with Crippen LogP contribution in [0, 0.1) is 6.92 Å². The Hall–Kier alpha value is -2.11. The molecule has 1 aromatic heterocycles. The van der Waals surface area contributed by atoms with Crippen LogP contribution in [0.3, 0.4) is 0 Å². The van der Waals surface area contributed by atoms with Gasteiger partial charge in [-0.05, 0) is 37.5 Å². The van der Waals surface area contributed by atoms with Crippen LogP contribution < -0.4 is 11.1 Å². The number of anilines is 1. The molecule has 1 unspecified atom stereocenters. The molecule has 0 saturated heterocycles. The maximum absolute atomic E-state index is 10.9. The van der Waals surface area contributed by atoms with Crippen LogP contribution in [0.15, 0.2) is 12.1 Å². The summed E-state index contributed by atoms with van der Waals surface area (Å²) in [5.41, 5.74) is 7.31. The summed E-state index contributed by atoms with van der Waals surface area (Å²) in [5, 5.41) is 11.3. The molecule has 4 N–H and O–H groups in total. The molecular weight excluding hydrogens is 234 g/mol. The third-order valence-corrected chi connectivity index (χ3v) is 2.41. The van der Waals surface area contributed by atoms with Crippen molar-refractivity contribution in [3.63, 3.8) is 0 Å². The summed E-state index contributed by atoms with van der Waals surface area (Å²) in [7, 11) is 0. The van der Waals surface area contributed by atoms with Crippen molar-refractivity contribution in [3.8, 4) is 0 Å². The van der Waals surface area contributed by atoms with Gasteiger partial charge in [0.1, 0.15) is 11.9 Å². The number of nitrogens with one attached hydrogen (secondary N) is 1. The fourth-order valence-corrected chi connectivity index (χ4v) is 1.69. The number of carboxylic acid groups (broad SMARTS) is 1. The van der Waals surface area contributed by atoms with Gasteiger partial charge in [0.15, 0.2) is 0 Å². The molecule has 1 rings (SSSR count). The maximum Gasteiger partial charge on any atom is 0.326 e. The van der Waals surface area contributed by atoms with Crippen LogP contribution in [0.4, 0.5) is 5.82 Å². The van der Waals surface area contributed by atoms with Crippen molar-refractivity contribution < 1.29 is 14.7 Å². The molecule has 6 nitrogen and oxygen atoms in total. The molecule has 0 bridgehead atoms. The first-order chi connectivity index (χ1) is 8.38. The van der Waals surface area contributed by atoms with E-state index in [2.05, 4.69) is 10.3 Å². The zero-order valence-corrected chi connectivity index (χ0v) is 10.4. The van der Waals surface area contributed by atoms with Gasteiger partial charge in [-0.1, -0.05) is 0 Å². The van der Waals surface area contributed by atoms with Crippen LogP contribution in [0.2, 0.25) is 0 Å². The molecule has 18 heavy (non-hydrogen) atoms. The highest BCUT2D eigenvalue weighted by atomic mass is 16.4. The highest BCUT2D eigenvalue weighted by molar-refractivity contribution is 5.82. The van der Waals surface area contributed by atoms with Crippen LogP contribution in [0.25, 0.3) is 0 Å². The molecule has 0 radical (unpaired) electrons. The lowest BCUT2D eigenvalue weighted by Gasteiger charge is -2.13. The van der Waals surface area contributed by atoms with Gasteiger partial charge in [-0.2, -0.15) is 0 Å². The van der Waals surface area contributed by atoms with Gasteiger partial charge in [0, 0.05) is 12.6 Å². The molecule has 0 spiro atoms. The Morgan fingerprint density at radius 3 is 2.67 bits per heavy atom. The predicted molar refractivity (Wildman–Crippen MR) is 66.9 cm³/mol. The topological polar surface area (TPSA) is 105 Å². The molecule has 0 saturated carbocycles. The number of aliphatic carboxylic acids is 1. The largest absolute Gasteiger partial charge is 0.480 e. The number of pyridine rings is 1. The molecular formula is C12H17N3O3. The van der Waals surface area contributed by atoms with Crippen LogP contribution in [-0.2, 0) is 16.0 Å². The van der Waals surface area contributed by atoms with E-state index in [0.717, 1.165) is 11.3 Å². The van der Waals surface area contributed by atoms with Gasteiger partial charge in [-0.25, -0.2) is 9.78 Å². The highest BCUT2D eigenvalue weighted by Gasteiger charge is 2.18. The molecule has 0 aliphatic carbocycles. The molecule has 0 aliphatic rings. The SMILES string of the molecule is CC(=O)NC(CCc1cc(C)cc(N)n1)C(=O)O. The average Bonchev–Trinajstić information content (AvgIpc) is 2.21. The second-order valence-electron chi connectivity index (χ2n) is 4.19. The van der Waals surface area contributed by atoms with E-state index in [-0.39, 0.29) is 12.3 Å². The summed E-state index contributed by atoms with van der Waals surface area (Å²) in [6, 6.07) is 2.70. The lowest BCUT2D eigenvalue weighted by molar-refractivity contribution is -0.141. The van der Waals surface area contributed by atoms with Crippen LogP contribution in [-0.4, -0.2) is 28.0 Å². The monoisotopic (exact) mass is 251 g/mol. The second-order valence-corrected chi connectivity index (χ2v) is 4.19. The molecule has 1 heterocycles. The summed E-state index contributed by atoms with van der Waals surface area (Å²) < 4.78 is 0. The number of aryl methyl sites for hydroxylation is 2. The lowest BCUT2D eigenvalue weighted by Crippen LogP contribution is -2.39. The summed E-state index contributed by atoms with van der Waals surface area (Å²) in [4.78, 5) is 25.9. The smallest absolute Gasteiger partial charge is 0.326 e. The minimum atomic E-state index is -1.05. The maximum atomic E-state index is 10.9. The number of hydrogen-bond donors (Lipinski definition) is 3. The Morgan fingerprint density at radius 2 is 2.17 bits per heavy atom. The van der Waals surface area contributed by atoms with Gasteiger partial charge in [0.05, 0.1) is 0 Å². The van der Waals surface area contributed by atoms with E-state index in [4.69, 9.17) is 10.8 Å². The Balaban J connectivity index is 2.66. The Morgan fingerprint density at radius 1 is 1.50 bits per heavy atom. The van der Waals surface area contributed by atoms with Gasteiger partial charge in [0.2, 0.25) is 5.91 Å². The van der Waals surface area contributed by atoms with Crippen molar-refractivity contribution in [2.45, 2.75) is 32.7 Å². The predicted octanol–water partition coefficient (Wildman–Crippen LogP) is 0.494. The summed E-state index contributed by atoms with van der Waals surface area (Å²) in [6.07, 6.45) is 0.730. The van der Waals surface area contributed by atoms with E-state index in [0.29, 0.717) is 12.2 Å². The highest BCUT2D eigenvalue weighted by Crippen LogP contribution is 2.09. The van der Waals surface area contributed by atoms with Crippen LogP contribution in [0.1, 0.15) is 24.6 Å². The number of nitrogens with two attached hydrogens (primary N) is 1. The van der Waals surface area contributed by atoms with E-state index in [1.165, 1.54) is 6.92 Å². The molecule has 0 fully saturated rings. The van der Waals surface area contributed by atoms with Crippen LogP contribution in [0.5, 0.6) is 0 Å². The molecule has 6 heteroatoms. The molecule has 0 aromatic carbocycles. The van der Waals surface area contributed by atoms with Crippen molar-refractivity contribution in [2.24, 2.45) is 0 Å². The number of hydrogen-bond acceptors (Lipinski definition) is 4. The minimum absolute atomic E-state index is 0.283. The Labute approximate surface area is 105 Å². The average molecular weight is 251 g/mol. The standard InChI is InChI=1S/C12H17N3O3/c1-7-5-9(15-11(13)6-7)3-4-10(12(17)18)14-8(2)16/h5-6,10H,3-4H2,1-2H3,(H2,13,15)(H,14,16)(H,17,18). The van der Waals surface area contributed by atoms with Gasteiger partial charge in [-0.15, -0.1) is 0 Å². The molecule has 1 aromatic rings. The first-order valence-electron chi connectivity index (χ1n) is 5.61. The Bertz CT molecular complexity index is 440. The second kappa shape index (κ2) is 6.00. The van der Waals surface area contributed by atoms with E-state index >= 15 is 0 Å². The number of nitrogen functional groups attached to an aromatic ring is 1. The third-order valence-electron chi connectivity index (χ3n) is 2.41. The number of nitrogens with zero attached hydrogens (tertiary/aromatic N) is 1. The molecule has 1 atom stereocenters. The minimum Gasteiger partial charge on any atom is -0.480 e. The zero-order chi connectivity index (χ0) is 13.7. The van der Waals surface area contributed by atoms with Crippen molar-refractivity contribution in [3.05, 3.63) is 23.4 Å². The fourth-order valence-electron chi connectivity index (χ4n) is 1.69. The fraction of sp³-hybridized carbons (Fsp3) is 0.417. The van der Waals surface area contributed by atoms with Crippen LogP contribution >= 0.6 is 0 Å². The number of carbonyl (C=O) groups is 2. The number of aromatic nitrogens is 1. The van der Waals surface area contributed by atoms with Crippen molar-refractivity contribution >= 4 is 17.7 Å². The van der Waals surface area contributed by atoms with Crippen molar-refractivity contribution in [1.82, 2.24) is 10.3 Å². The summed E-state index contributed by atoms with van der Waals surface area (Å²) in [5.74, 6) is -0.999. The van der Waals surface area contributed by atoms with E-state index < -0.39 is 12.0 Å². The molecule has 0 aliphatic heterocycles. The molecule has 98 valence electrons. The van der Waals surface area contributed by atoms with E-state index in [9.17, 15) is 9.59 Å². The number of rotatable bonds is 5. The normalized spacial score (nSPS) is 11.9. The van der Waals surface area contributed by atoms with Gasteiger partial charge in [0.25, 0.3) is 0 Å². The number of carboxylic acids is 1. The summed E-state index contributed by atoms with van der Waals surface area (Å²) >= 11 is 0. The molecule has 1 amide bonds. The van der Waals surface area contributed by atoms with E-state index in [1.54, 1.807) is 6.07 Å². The number of carbonyl (C=O) groups excluding carboxylic acids is 1.